The highest BCUT2D eigenvalue weighted by atomic mass is 35.5. The van der Waals surface area contributed by atoms with Gasteiger partial charge in [-0.3, -0.25) is 9.78 Å². The van der Waals surface area contributed by atoms with Crippen molar-refractivity contribution in [1.82, 2.24) is 9.88 Å². The molecule has 0 aliphatic rings. The normalized spacial score (nSPS) is 10.7. The monoisotopic (exact) mass is 383 g/mol. The number of pyridine rings is 1. The number of fused-ring (bicyclic) bond motifs is 1. The first-order valence-corrected chi connectivity index (χ1v) is 9.00. The molecule has 5 nitrogen and oxygen atoms in total. The molecule has 0 N–H and O–H groups in total. The fourth-order valence-electron chi connectivity index (χ4n) is 2.74. The predicted molar refractivity (Wildman–Crippen MR) is 109 cm³/mol. The van der Waals surface area contributed by atoms with Gasteiger partial charge >= 0.3 is 0 Å². The van der Waals surface area contributed by atoms with Gasteiger partial charge in [0.1, 0.15) is 11.3 Å². The highest BCUT2D eigenvalue weighted by molar-refractivity contribution is 6.35. The molecule has 0 aliphatic heterocycles. The Morgan fingerprint density at radius 3 is 2.52 bits per heavy atom. The van der Waals surface area contributed by atoms with Crippen LogP contribution in [0.5, 0.6) is 5.75 Å². The number of halogens is 1. The van der Waals surface area contributed by atoms with E-state index in [4.69, 9.17) is 16.3 Å². The fourth-order valence-corrected chi connectivity index (χ4v) is 2.96. The molecule has 6 heteroatoms. The zero-order valence-electron chi connectivity index (χ0n) is 15.6. The third kappa shape index (κ3) is 4.49. The molecule has 27 heavy (non-hydrogen) atoms. The van der Waals surface area contributed by atoms with Crippen molar-refractivity contribution in [2.75, 3.05) is 32.6 Å². The maximum atomic E-state index is 12.4. The van der Waals surface area contributed by atoms with Crippen LogP contribution in [-0.2, 0) is 11.3 Å². The summed E-state index contributed by atoms with van der Waals surface area (Å²) < 4.78 is 5.73. The third-order valence-corrected chi connectivity index (χ3v) is 4.66. The predicted octanol–water partition coefficient (Wildman–Crippen LogP) is 3.99. The molecule has 3 aromatic rings. The summed E-state index contributed by atoms with van der Waals surface area (Å²) in [5.41, 5.74) is 2.84. The Labute approximate surface area is 164 Å². The number of hydrogen-bond acceptors (Lipinski definition) is 4. The first-order valence-electron chi connectivity index (χ1n) is 8.62. The van der Waals surface area contributed by atoms with E-state index in [1.54, 1.807) is 30.3 Å². The van der Waals surface area contributed by atoms with Crippen molar-refractivity contribution in [3.8, 4) is 5.75 Å². The average molecular weight is 384 g/mol. The van der Waals surface area contributed by atoms with E-state index in [1.807, 2.05) is 55.4 Å². The molecule has 0 atom stereocenters. The van der Waals surface area contributed by atoms with Crippen LogP contribution in [0, 0.1) is 0 Å². The van der Waals surface area contributed by atoms with Gasteiger partial charge < -0.3 is 14.5 Å². The molecule has 0 unspecified atom stereocenters. The number of rotatable bonds is 6. The molecule has 0 radical (unpaired) electrons. The minimum absolute atomic E-state index is 0.0560. The minimum atomic E-state index is -0.106. The molecule has 1 heterocycles. The smallest absolute Gasteiger partial charge is 0.260 e. The minimum Gasteiger partial charge on any atom is -0.481 e. The number of hydrogen-bond donors (Lipinski definition) is 0. The van der Waals surface area contributed by atoms with Crippen LogP contribution in [0.3, 0.4) is 0 Å². The lowest BCUT2D eigenvalue weighted by molar-refractivity contribution is -0.132. The quantitative estimate of drug-likeness (QED) is 0.645. The maximum absolute atomic E-state index is 12.4. The lowest BCUT2D eigenvalue weighted by Crippen LogP contribution is -2.31. The number of carbonyl (C=O) groups excluding carboxylic acids is 1. The molecular weight excluding hydrogens is 362 g/mol. The van der Waals surface area contributed by atoms with Crippen LogP contribution in [0.25, 0.3) is 10.9 Å². The topological polar surface area (TPSA) is 45.7 Å². The Morgan fingerprint density at radius 2 is 1.81 bits per heavy atom. The summed E-state index contributed by atoms with van der Waals surface area (Å²) in [5, 5.41) is 1.41. The van der Waals surface area contributed by atoms with Gasteiger partial charge in [-0.15, -0.1) is 0 Å². The van der Waals surface area contributed by atoms with Crippen LogP contribution in [-0.4, -0.2) is 43.5 Å². The number of nitrogens with zero attached hydrogens (tertiary/aromatic N) is 3. The lowest BCUT2D eigenvalue weighted by Gasteiger charge is -2.19. The van der Waals surface area contributed by atoms with E-state index in [9.17, 15) is 4.79 Å². The Kier molecular flexibility index (Phi) is 5.81. The highest BCUT2D eigenvalue weighted by Crippen LogP contribution is 2.29. The van der Waals surface area contributed by atoms with Gasteiger partial charge in [0, 0.05) is 45.0 Å². The molecular formula is C21H22ClN3O2. The summed E-state index contributed by atoms with van der Waals surface area (Å²) in [6.45, 7) is 0.467. The molecule has 0 fully saturated rings. The van der Waals surface area contributed by atoms with Crippen LogP contribution in [0.1, 0.15) is 5.56 Å². The van der Waals surface area contributed by atoms with Crippen molar-refractivity contribution < 1.29 is 9.53 Å². The van der Waals surface area contributed by atoms with Crippen molar-refractivity contribution in [2.45, 2.75) is 6.54 Å². The van der Waals surface area contributed by atoms with E-state index in [0.29, 0.717) is 22.8 Å². The summed E-state index contributed by atoms with van der Waals surface area (Å²) in [7, 11) is 5.76. The van der Waals surface area contributed by atoms with Crippen LogP contribution in [0.4, 0.5) is 5.69 Å². The van der Waals surface area contributed by atoms with Crippen LogP contribution < -0.4 is 9.64 Å². The van der Waals surface area contributed by atoms with E-state index in [0.717, 1.165) is 16.6 Å². The molecule has 140 valence electrons. The second-order valence-electron chi connectivity index (χ2n) is 6.54. The number of carbonyl (C=O) groups is 1. The van der Waals surface area contributed by atoms with E-state index in [2.05, 4.69) is 4.98 Å². The highest BCUT2D eigenvalue weighted by Gasteiger charge is 2.13. The molecule has 1 amide bonds. The SMILES string of the molecule is CN(Cc1ccc(N(C)C)cc1)C(=O)COc1ccc(Cl)c2cccnc12. The summed E-state index contributed by atoms with van der Waals surface area (Å²) in [4.78, 5) is 20.4. The maximum Gasteiger partial charge on any atom is 0.260 e. The van der Waals surface area contributed by atoms with Crippen molar-refractivity contribution in [2.24, 2.45) is 0 Å². The molecule has 0 spiro atoms. The zero-order chi connectivity index (χ0) is 19.4. The Morgan fingerprint density at radius 1 is 1.07 bits per heavy atom. The number of anilines is 1. The summed E-state index contributed by atoms with van der Waals surface area (Å²) in [5.74, 6) is 0.442. The number of benzene rings is 2. The van der Waals surface area contributed by atoms with Crippen molar-refractivity contribution in [3.05, 3.63) is 65.3 Å². The van der Waals surface area contributed by atoms with Crippen molar-refractivity contribution in [1.29, 1.82) is 0 Å². The van der Waals surface area contributed by atoms with Gasteiger partial charge in [0.25, 0.3) is 5.91 Å². The third-order valence-electron chi connectivity index (χ3n) is 4.33. The van der Waals surface area contributed by atoms with Gasteiger partial charge in [-0.1, -0.05) is 23.7 Å². The van der Waals surface area contributed by atoms with E-state index in [-0.39, 0.29) is 12.5 Å². The summed E-state index contributed by atoms with van der Waals surface area (Å²) in [6.07, 6.45) is 1.68. The molecule has 0 saturated heterocycles. The van der Waals surface area contributed by atoms with Crippen LogP contribution >= 0.6 is 11.6 Å². The molecule has 0 aliphatic carbocycles. The second-order valence-corrected chi connectivity index (χ2v) is 6.95. The number of amides is 1. The molecule has 1 aromatic heterocycles. The van der Waals surface area contributed by atoms with Crippen LogP contribution in [0.15, 0.2) is 54.7 Å². The first kappa shape index (κ1) is 19.0. The average Bonchev–Trinajstić information content (AvgIpc) is 2.68. The number of aromatic nitrogens is 1. The summed E-state index contributed by atoms with van der Waals surface area (Å²) >= 11 is 6.19. The lowest BCUT2D eigenvalue weighted by atomic mass is 10.2. The number of likely N-dealkylation sites (N-methyl/N-ethyl adjacent to an activating group) is 1. The zero-order valence-corrected chi connectivity index (χ0v) is 16.4. The van der Waals surface area contributed by atoms with Gasteiger partial charge in [-0.25, -0.2) is 0 Å². The molecule has 0 saturated carbocycles. The van der Waals surface area contributed by atoms with Gasteiger partial charge in [0.2, 0.25) is 0 Å². The van der Waals surface area contributed by atoms with Gasteiger partial charge in [-0.05, 0) is 42.0 Å². The molecule has 3 rings (SSSR count). The standard InChI is InChI=1S/C21H22ClN3O2/c1-24(2)16-8-6-15(7-9-16)13-25(3)20(26)14-27-19-11-10-18(22)17-5-4-12-23-21(17)19/h4-12H,13-14H2,1-3H3. The van der Waals surface area contributed by atoms with Gasteiger partial charge in [0.15, 0.2) is 6.61 Å². The van der Waals surface area contributed by atoms with E-state index >= 15 is 0 Å². The Bertz CT molecular complexity index is 942. The number of ether oxygens (including phenoxy) is 1. The van der Waals surface area contributed by atoms with Crippen LogP contribution in [0.2, 0.25) is 5.02 Å². The van der Waals surface area contributed by atoms with Crippen molar-refractivity contribution in [3.63, 3.8) is 0 Å². The molecule has 0 bridgehead atoms. The summed E-state index contributed by atoms with van der Waals surface area (Å²) in [6, 6.07) is 15.3. The van der Waals surface area contributed by atoms with Crippen molar-refractivity contribution >= 4 is 34.1 Å². The van der Waals surface area contributed by atoms with E-state index in [1.165, 1.54) is 0 Å². The van der Waals surface area contributed by atoms with Gasteiger partial charge in [0.05, 0.1) is 5.02 Å². The molecule has 2 aromatic carbocycles. The van der Waals surface area contributed by atoms with E-state index < -0.39 is 0 Å². The Balaban J connectivity index is 1.63. The first-order chi connectivity index (χ1) is 13.0. The largest absolute Gasteiger partial charge is 0.481 e. The fraction of sp³-hybridized carbons (Fsp3) is 0.238. The van der Waals surface area contributed by atoms with Gasteiger partial charge in [-0.2, -0.15) is 0 Å². The Hall–Kier alpha value is -2.79. The second kappa shape index (κ2) is 8.27.